The van der Waals surface area contributed by atoms with Gasteiger partial charge >= 0.3 is 0 Å². The van der Waals surface area contributed by atoms with Gasteiger partial charge in [0.15, 0.2) is 5.82 Å². The summed E-state index contributed by atoms with van der Waals surface area (Å²) in [6.45, 7) is 0. The zero-order valence-corrected chi connectivity index (χ0v) is 26.5. The van der Waals surface area contributed by atoms with E-state index in [0.29, 0.717) is 5.82 Å². The van der Waals surface area contributed by atoms with Crippen LogP contribution in [-0.4, -0.2) is 15.0 Å². The third-order valence-corrected chi connectivity index (χ3v) is 8.98. The molecule has 230 valence electrons. The summed E-state index contributed by atoms with van der Waals surface area (Å²) in [5.41, 5.74) is 13.0. The van der Waals surface area contributed by atoms with Crippen molar-refractivity contribution in [1.82, 2.24) is 15.0 Å². The van der Waals surface area contributed by atoms with Crippen LogP contribution in [0.5, 0.6) is 0 Å². The molecule has 0 spiro atoms. The van der Waals surface area contributed by atoms with Gasteiger partial charge < -0.3 is 4.42 Å². The van der Waals surface area contributed by atoms with E-state index in [1.54, 1.807) is 6.20 Å². The Bertz CT molecular complexity index is 2590. The lowest BCUT2D eigenvalue weighted by Gasteiger charge is -2.14. The molecule has 4 heteroatoms. The minimum Gasteiger partial charge on any atom is -0.456 e. The Morgan fingerprint density at radius 1 is 0.367 bits per heavy atom. The normalized spacial score (nSPS) is 11.3. The maximum atomic E-state index is 6.16. The molecule has 9 aromatic rings. The Labute approximate surface area is 284 Å². The van der Waals surface area contributed by atoms with Gasteiger partial charge in [0, 0.05) is 45.4 Å². The predicted molar refractivity (Wildman–Crippen MR) is 200 cm³/mol. The third-order valence-electron chi connectivity index (χ3n) is 8.98. The summed E-state index contributed by atoms with van der Waals surface area (Å²) in [7, 11) is 0. The molecule has 0 saturated carbocycles. The highest BCUT2D eigenvalue weighted by molar-refractivity contribution is 6.06. The Kier molecular flexibility index (Phi) is 7.10. The van der Waals surface area contributed by atoms with Crippen molar-refractivity contribution in [1.29, 1.82) is 0 Å². The van der Waals surface area contributed by atoms with Crippen molar-refractivity contribution in [2.45, 2.75) is 0 Å². The van der Waals surface area contributed by atoms with Crippen LogP contribution < -0.4 is 0 Å². The minimum atomic E-state index is 0.661. The van der Waals surface area contributed by atoms with Gasteiger partial charge in [-0.1, -0.05) is 115 Å². The standard InChI is InChI=1S/C45H29N3O/c1-3-12-30(13-4-1)34-24-35(32-21-22-44-40(27-32)38-18-9-10-20-43(38)49-44)26-36(25-34)42-28-41(31-14-5-2-6-15-31)47-45(48-42)39-19-8-7-17-37(39)33-16-11-23-46-29-33/h1-29H. The van der Waals surface area contributed by atoms with Crippen molar-refractivity contribution in [3.8, 4) is 67.3 Å². The van der Waals surface area contributed by atoms with Crippen molar-refractivity contribution in [3.63, 3.8) is 0 Å². The highest BCUT2D eigenvalue weighted by Crippen LogP contribution is 2.38. The lowest BCUT2D eigenvalue weighted by atomic mass is 9.93. The second kappa shape index (κ2) is 12.2. The summed E-state index contributed by atoms with van der Waals surface area (Å²) in [4.78, 5) is 14.8. The quantitative estimate of drug-likeness (QED) is 0.184. The number of para-hydroxylation sites is 1. The molecule has 0 unspecified atom stereocenters. The second-order valence-electron chi connectivity index (χ2n) is 12.1. The molecule has 9 rings (SSSR count). The Morgan fingerprint density at radius 3 is 1.76 bits per heavy atom. The third kappa shape index (κ3) is 5.45. The van der Waals surface area contributed by atoms with Gasteiger partial charge in [-0.2, -0.15) is 0 Å². The largest absolute Gasteiger partial charge is 0.456 e. The lowest BCUT2D eigenvalue weighted by Crippen LogP contribution is -1.98. The number of pyridine rings is 1. The summed E-state index contributed by atoms with van der Waals surface area (Å²) in [5.74, 6) is 0.661. The highest BCUT2D eigenvalue weighted by Gasteiger charge is 2.17. The average molecular weight is 628 g/mol. The molecule has 49 heavy (non-hydrogen) atoms. The van der Waals surface area contributed by atoms with Crippen LogP contribution in [0, 0.1) is 0 Å². The zero-order chi connectivity index (χ0) is 32.6. The van der Waals surface area contributed by atoms with E-state index in [4.69, 9.17) is 14.4 Å². The number of furan rings is 1. The van der Waals surface area contributed by atoms with Crippen LogP contribution in [0.25, 0.3) is 89.2 Å². The average Bonchev–Trinajstić information content (AvgIpc) is 3.57. The molecule has 4 nitrogen and oxygen atoms in total. The van der Waals surface area contributed by atoms with E-state index in [1.165, 1.54) is 0 Å². The molecule has 0 bridgehead atoms. The van der Waals surface area contributed by atoms with E-state index < -0.39 is 0 Å². The molecule has 0 atom stereocenters. The summed E-state index contributed by atoms with van der Waals surface area (Å²) >= 11 is 0. The maximum Gasteiger partial charge on any atom is 0.161 e. The molecule has 0 N–H and O–H groups in total. The molecule has 6 aromatic carbocycles. The van der Waals surface area contributed by atoms with Crippen LogP contribution in [-0.2, 0) is 0 Å². The van der Waals surface area contributed by atoms with Gasteiger partial charge in [0.1, 0.15) is 11.2 Å². The smallest absolute Gasteiger partial charge is 0.161 e. The van der Waals surface area contributed by atoms with Gasteiger partial charge in [-0.3, -0.25) is 4.98 Å². The minimum absolute atomic E-state index is 0.661. The molecule has 0 aliphatic rings. The molecule has 0 amide bonds. The van der Waals surface area contributed by atoms with Crippen molar-refractivity contribution >= 4 is 21.9 Å². The van der Waals surface area contributed by atoms with Gasteiger partial charge in [0.25, 0.3) is 0 Å². The topological polar surface area (TPSA) is 51.8 Å². The molecular formula is C45H29N3O. The lowest BCUT2D eigenvalue weighted by molar-refractivity contribution is 0.669. The number of rotatable bonds is 6. The van der Waals surface area contributed by atoms with Crippen LogP contribution >= 0.6 is 0 Å². The Hall–Kier alpha value is -6.65. The monoisotopic (exact) mass is 627 g/mol. The van der Waals surface area contributed by atoms with Crippen LogP contribution in [0.15, 0.2) is 181 Å². The first kappa shape index (κ1) is 28.6. The SMILES string of the molecule is c1ccc(-c2cc(-c3ccc4oc5ccccc5c4c3)cc(-c3cc(-c4ccccc4)nc(-c4ccccc4-c4cccnc4)n3)c2)cc1. The molecule has 3 aromatic heterocycles. The summed E-state index contributed by atoms with van der Waals surface area (Å²) in [6, 6.07) is 56.6. The fourth-order valence-electron chi connectivity index (χ4n) is 6.57. The first-order valence-corrected chi connectivity index (χ1v) is 16.3. The maximum absolute atomic E-state index is 6.16. The number of hydrogen-bond donors (Lipinski definition) is 0. The summed E-state index contributed by atoms with van der Waals surface area (Å²) < 4.78 is 6.16. The fourth-order valence-corrected chi connectivity index (χ4v) is 6.57. The van der Waals surface area contributed by atoms with Crippen molar-refractivity contribution in [3.05, 3.63) is 176 Å². The van der Waals surface area contributed by atoms with E-state index in [9.17, 15) is 0 Å². The van der Waals surface area contributed by atoms with E-state index >= 15 is 0 Å². The molecule has 0 saturated heterocycles. The van der Waals surface area contributed by atoms with Crippen molar-refractivity contribution in [2.24, 2.45) is 0 Å². The number of aromatic nitrogens is 3. The van der Waals surface area contributed by atoms with Crippen molar-refractivity contribution < 1.29 is 4.42 Å². The first-order valence-electron chi connectivity index (χ1n) is 16.3. The molecule has 0 fully saturated rings. The van der Waals surface area contributed by atoms with Gasteiger partial charge in [0.05, 0.1) is 11.4 Å². The molecule has 0 aliphatic heterocycles. The van der Waals surface area contributed by atoms with Crippen molar-refractivity contribution in [2.75, 3.05) is 0 Å². The fraction of sp³-hybridized carbons (Fsp3) is 0. The predicted octanol–water partition coefficient (Wildman–Crippen LogP) is 11.8. The summed E-state index contributed by atoms with van der Waals surface area (Å²) in [6.07, 6.45) is 3.68. The number of benzene rings is 6. The van der Waals surface area contributed by atoms with Gasteiger partial charge in [-0.15, -0.1) is 0 Å². The van der Waals surface area contributed by atoms with Crippen LogP contribution in [0.4, 0.5) is 0 Å². The molecule has 0 aliphatic carbocycles. The summed E-state index contributed by atoms with van der Waals surface area (Å²) in [5, 5.41) is 2.21. The Morgan fingerprint density at radius 2 is 0.980 bits per heavy atom. The highest BCUT2D eigenvalue weighted by atomic mass is 16.3. The number of nitrogens with zero attached hydrogens (tertiary/aromatic N) is 3. The number of fused-ring (bicyclic) bond motifs is 3. The van der Waals surface area contributed by atoms with E-state index in [0.717, 1.165) is 83.4 Å². The first-order chi connectivity index (χ1) is 24.3. The Balaban J connectivity index is 1.27. The molecule has 3 heterocycles. The van der Waals surface area contributed by atoms with Gasteiger partial charge in [-0.25, -0.2) is 9.97 Å². The van der Waals surface area contributed by atoms with E-state index in [2.05, 4.69) is 120 Å². The van der Waals surface area contributed by atoms with Gasteiger partial charge in [-0.05, 0) is 76.3 Å². The molecular weight excluding hydrogens is 599 g/mol. The van der Waals surface area contributed by atoms with Crippen LogP contribution in [0.3, 0.4) is 0 Å². The van der Waals surface area contributed by atoms with Crippen LogP contribution in [0.2, 0.25) is 0 Å². The van der Waals surface area contributed by atoms with E-state index in [1.807, 2.05) is 54.7 Å². The van der Waals surface area contributed by atoms with Gasteiger partial charge in [0.2, 0.25) is 0 Å². The molecule has 0 radical (unpaired) electrons. The van der Waals surface area contributed by atoms with Crippen LogP contribution in [0.1, 0.15) is 0 Å². The van der Waals surface area contributed by atoms with E-state index in [-0.39, 0.29) is 0 Å². The number of hydrogen-bond acceptors (Lipinski definition) is 4. The second-order valence-corrected chi connectivity index (χ2v) is 12.1. The zero-order valence-electron chi connectivity index (χ0n) is 26.5.